The molecule has 0 spiro atoms. The Labute approximate surface area is 93.4 Å². The number of carbonyl (C=O) groups excluding carboxylic acids is 1. The molecule has 0 aliphatic carbocycles. The predicted octanol–water partition coefficient (Wildman–Crippen LogP) is 0.902. The molecule has 0 atom stereocenters. The summed E-state index contributed by atoms with van der Waals surface area (Å²) < 4.78 is 29.5. The maximum absolute atomic E-state index is 10.8. The van der Waals surface area contributed by atoms with Gasteiger partial charge in [-0.2, -0.15) is 8.42 Å². The van der Waals surface area contributed by atoms with Crippen LogP contribution in [0.4, 0.5) is 11.4 Å². The quantitative estimate of drug-likeness (QED) is 0.684. The van der Waals surface area contributed by atoms with Crippen molar-refractivity contribution in [2.24, 2.45) is 0 Å². The summed E-state index contributed by atoms with van der Waals surface area (Å²) in [6, 6.07) is 6.50. The summed E-state index contributed by atoms with van der Waals surface area (Å²) in [4.78, 5) is 10.8. The van der Waals surface area contributed by atoms with E-state index < -0.39 is 16.0 Å². The van der Waals surface area contributed by atoms with Gasteiger partial charge in [-0.15, -0.1) is 0 Å². The maximum atomic E-state index is 10.8. The van der Waals surface area contributed by atoms with E-state index in [2.05, 4.69) is 10.6 Å². The monoisotopic (exact) mass is 244 g/mol. The largest absolute Gasteiger partial charge is 0.370 e. The standard InChI is InChI=1S/C9H12N2O4S/c1-7(12)11-9-4-2-3-8(5-9)10-6-16(13,14)15/h2-5,10H,6H2,1H3,(H,11,12)(H,13,14,15). The average Bonchev–Trinajstić information content (AvgIpc) is 2.13. The van der Waals surface area contributed by atoms with Gasteiger partial charge in [0.15, 0.2) is 0 Å². The van der Waals surface area contributed by atoms with E-state index in [4.69, 9.17) is 4.55 Å². The van der Waals surface area contributed by atoms with E-state index in [-0.39, 0.29) is 5.91 Å². The van der Waals surface area contributed by atoms with Crippen molar-refractivity contribution in [1.29, 1.82) is 0 Å². The van der Waals surface area contributed by atoms with Crippen molar-refractivity contribution in [3.05, 3.63) is 24.3 Å². The first-order valence-electron chi connectivity index (χ1n) is 4.43. The zero-order valence-electron chi connectivity index (χ0n) is 8.60. The maximum Gasteiger partial charge on any atom is 0.283 e. The molecule has 1 aromatic rings. The van der Waals surface area contributed by atoms with E-state index in [9.17, 15) is 13.2 Å². The minimum absolute atomic E-state index is 0.216. The number of rotatable bonds is 4. The molecule has 0 saturated carbocycles. The van der Waals surface area contributed by atoms with Crippen molar-refractivity contribution >= 4 is 27.4 Å². The normalized spacial score (nSPS) is 10.9. The minimum Gasteiger partial charge on any atom is -0.370 e. The Hall–Kier alpha value is -1.60. The summed E-state index contributed by atoms with van der Waals surface area (Å²) in [6.07, 6.45) is 0. The highest BCUT2D eigenvalue weighted by Gasteiger charge is 2.04. The molecule has 16 heavy (non-hydrogen) atoms. The molecule has 0 aliphatic rings. The Morgan fingerprint density at radius 3 is 2.56 bits per heavy atom. The number of nitrogens with one attached hydrogen (secondary N) is 2. The lowest BCUT2D eigenvalue weighted by molar-refractivity contribution is -0.114. The van der Waals surface area contributed by atoms with Gasteiger partial charge in [-0.1, -0.05) is 6.07 Å². The van der Waals surface area contributed by atoms with Crippen LogP contribution in [0, 0.1) is 0 Å². The molecule has 1 rings (SSSR count). The molecule has 7 heteroatoms. The lowest BCUT2D eigenvalue weighted by Gasteiger charge is -2.07. The van der Waals surface area contributed by atoms with Crippen molar-refractivity contribution in [1.82, 2.24) is 0 Å². The molecule has 0 aliphatic heterocycles. The molecule has 0 fully saturated rings. The first-order valence-corrected chi connectivity index (χ1v) is 6.04. The molecule has 0 unspecified atom stereocenters. The highest BCUT2D eigenvalue weighted by Crippen LogP contribution is 2.14. The summed E-state index contributed by atoms with van der Waals surface area (Å²) in [5.74, 6) is -0.789. The highest BCUT2D eigenvalue weighted by molar-refractivity contribution is 7.85. The van der Waals surface area contributed by atoms with Crippen LogP contribution < -0.4 is 10.6 Å². The molecule has 0 saturated heterocycles. The lowest BCUT2D eigenvalue weighted by Crippen LogP contribution is -2.13. The molecular formula is C9H12N2O4S. The van der Waals surface area contributed by atoms with Crippen molar-refractivity contribution < 1.29 is 17.8 Å². The van der Waals surface area contributed by atoms with Crippen LogP contribution in [0.5, 0.6) is 0 Å². The number of amides is 1. The van der Waals surface area contributed by atoms with Gasteiger partial charge in [0.05, 0.1) is 0 Å². The lowest BCUT2D eigenvalue weighted by atomic mass is 10.3. The Morgan fingerprint density at radius 2 is 2.00 bits per heavy atom. The molecule has 6 nitrogen and oxygen atoms in total. The van der Waals surface area contributed by atoms with Crippen molar-refractivity contribution in [2.45, 2.75) is 6.92 Å². The van der Waals surface area contributed by atoms with Gasteiger partial charge in [0, 0.05) is 18.3 Å². The van der Waals surface area contributed by atoms with Crippen LogP contribution in [0.2, 0.25) is 0 Å². The topological polar surface area (TPSA) is 95.5 Å². The number of anilines is 2. The fourth-order valence-electron chi connectivity index (χ4n) is 1.08. The third kappa shape index (κ3) is 4.76. The third-order valence-corrected chi connectivity index (χ3v) is 2.15. The molecule has 0 radical (unpaired) electrons. The summed E-state index contributed by atoms with van der Waals surface area (Å²) in [7, 11) is -4.06. The molecule has 0 heterocycles. The zero-order chi connectivity index (χ0) is 12.2. The molecule has 1 aromatic carbocycles. The number of benzene rings is 1. The van der Waals surface area contributed by atoms with Crippen molar-refractivity contribution in [2.75, 3.05) is 16.5 Å². The van der Waals surface area contributed by atoms with Crippen molar-refractivity contribution in [3.8, 4) is 0 Å². The summed E-state index contributed by atoms with van der Waals surface area (Å²) >= 11 is 0. The van der Waals surface area contributed by atoms with Gasteiger partial charge in [-0.05, 0) is 18.2 Å². The summed E-state index contributed by atoms with van der Waals surface area (Å²) in [6.45, 7) is 1.37. The minimum atomic E-state index is -4.06. The van der Waals surface area contributed by atoms with Crippen LogP contribution >= 0.6 is 0 Å². The number of carbonyl (C=O) groups is 1. The molecule has 1 amide bonds. The van der Waals surface area contributed by atoms with Gasteiger partial charge in [-0.3, -0.25) is 9.35 Å². The van der Waals surface area contributed by atoms with Crippen LogP contribution in [-0.2, 0) is 14.9 Å². The fraction of sp³-hybridized carbons (Fsp3) is 0.222. The fourth-order valence-corrected chi connectivity index (χ4v) is 1.43. The summed E-state index contributed by atoms with van der Waals surface area (Å²) in [5, 5.41) is 5.06. The van der Waals surface area contributed by atoms with Gasteiger partial charge in [-0.25, -0.2) is 0 Å². The third-order valence-electron chi connectivity index (χ3n) is 1.64. The Balaban J connectivity index is 2.71. The second-order valence-electron chi connectivity index (χ2n) is 3.17. The van der Waals surface area contributed by atoms with Gasteiger partial charge >= 0.3 is 0 Å². The molecule has 3 N–H and O–H groups in total. The SMILES string of the molecule is CC(=O)Nc1cccc(NCS(=O)(=O)O)c1. The van der Waals surface area contributed by atoms with Crippen LogP contribution in [0.15, 0.2) is 24.3 Å². The Morgan fingerprint density at radius 1 is 1.38 bits per heavy atom. The number of hydrogen-bond donors (Lipinski definition) is 3. The van der Waals surface area contributed by atoms with Crippen LogP contribution in [0.3, 0.4) is 0 Å². The Kier molecular flexibility index (Phi) is 3.86. The smallest absolute Gasteiger partial charge is 0.283 e. The first-order chi connectivity index (χ1) is 7.37. The van der Waals surface area contributed by atoms with E-state index in [0.717, 1.165) is 0 Å². The van der Waals surface area contributed by atoms with Crippen molar-refractivity contribution in [3.63, 3.8) is 0 Å². The van der Waals surface area contributed by atoms with Crippen LogP contribution in [0.25, 0.3) is 0 Å². The van der Waals surface area contributed by atoms with Crippen LogP contribution in [0.1, 0.15) is 6.92 Å². The second kappa shape index (κ2) is 4.95. The number of hydrogen-bond acceptors (Lipinski definition) is 4. The van der Waals surface area contributed by atoms with Crippen LogP contribution in [-0.4, -0.2) is 24.8 Å². The van der Waals surface area contributed by atoms with Gasteiger partial charge < -0.3 is 10.6 Å². The molecule has 0 bridgehead atoms. The molecule has 88 valence electrons. The molecule has 0 aromatic heterocycles. The Bertz CT molecular complexity index is 484. The van der Waals surface area contributed by atoms with Gasteiger partial charge in [0.25, 0.3) is 10.1 Å². The van der Waals surface area contributed by atoms with E-state index in [1.807, 2.05) is 0 Å². The van der Waals surface area contributed by atoms with E-state index in [1.165, 1.54) is 6.92 Å². The van der Waals surface area contributed by atoms with Gasteiger partial charge in [0.2, 0.25) is 5.91 Å². The first kappa shape index (κ1) is 12.5. The van der Waals surface area contributed by atoms with E-state index >= 15 is 0 Å². The highest BCUT2D eigenvalue weighted by atomic mass is 32.2. The zero-order valence-corrected chi connectivity index (χ0v) is 9.41. The predicted molar refractivity (Wildman–Crippen MR) is 60.8 cm³/mol. The van der Waals surface area contributed by atoms with Gasteiger partial charge in [0.1, 0.15) is 5.88 Å². The second-order valence-corrected chi connectivity index (χ2v) is 4.62. The van der Waals surface area contributed by atoms with E-state index in [0.29, 0.717) is 11.4 Å². The molecular weight excluding hydrogens is 232 g/mol. The summed E-state index contributed by atoms with van der Waals surface area (Å²) in [5.41, 5.74) is 1.04. The van der Waals surface area contributed by atoms with E-state index in [1.54, 1.807) is 24.3 Å². The average molecular weight is 244 g/mol.